The molecule has 1 aliphatic carbocycles. The van der Waals surface area contributed by atoms with Crippen molar-refractivity contribution in [3.8, 4) is 5.75 Å². The van der Waals surface area contributed by atoms with Gasteiger partial charge in [0, 0.05) is 41.0 Å². The molecule has 0 aliphatic heterocycles. The zero-order valence-corrected chi connectivity index (χ0v) is 18.0. The summed E-state index contributed by atoms with van der Waals surface area (Å²) < 4.78 is 5.98. The molecule has 2 aromatic rings. The van der Waals surface area contributed by atoms with E-state index >= 15 is 0 Å². The molecule has 1 saturated carbocycles. The molecule has 4 nitrogen and oxygen atoms in total. The van der Waals surface area contributed by atoms with Gasteiger partial charge in [0.2, 0.25) is 0 Å². The highest BCUT2D eigenvalue weighted by molar-refractivity contribution is 7.11. The Kier molecular flexibility index (Phi) is 8.34. The molecule has 0 bridgehead atoms. The molecule has 0 unspecified atom stereocenters. The van der Waals surface area contributed by atoms with Crippen LogP contribution in [0.5, 0.6) is 5.75 Å². The zero-order valence-electron chi connectivity index (χ0n) is 17.2. The summed E-state index contributed by atoms with van der Waals surface area (Å²) in [4.78, 5) is 4.99. The van der Waals surface area contributed by atoms with Crippen LogP contribution >= 0.6 is 11.3 Å². The number of nitrogens with zero attached hydrogens (tertiary/aromatic N) is 1. The molecule has 1 aromatic heterocycles. The number of benzene rings is 1. The lowest BCUT2D eigenvalue weighted by atomic mass is 9.94. The van der Waals surface area contributed by atoms with E-state index in [9.17, 15) is 5.11 Å². The fraction of sp³-hybridized carbons (Fsp3) is 0.565. The van der Waals surface area contributed by atoms with Gasteiger partial charge in [-0.25, -0.2) is 0 Å². The first-order valence-corrected chi connectivity index (χ1v) is 11.3. The van der Waals surface area contributed by atoms with E-state index in [2.05, 4.69) is 42.4 Å². The number of likely N-dealkylation sites (N-methyl/N-ethyl adjacent to an activating group) is 1. The highest BCUT2D eigenvalue weighted by Gasteiger charge is 2.20. The first-order valence-electron chi connectivity index (χ1n) is 10.5. The topological polar surface area (TPSA) is 44.7 Å². The number of aliphatic hydroxyl groups is 1. The Balaban J connectivity index is 1.44. The number of hydrogen-bond donors (Lipinski definition) is 2. The fourth-order valence-corrected chi connectivity index (χ4v) is 4.79. The Morgan fingerprint density at radius 1 is 1.14 bits per heavy atom. The predicted molar refractivity (Wildman–Crippen MR) is 117 cm³/mol. The SMILES string of the molecule is Cc1ccc(CNCc2ccccc2OC[C@@H](O)CN(C)C2CCCCC2)s1. The van der Waals surface area contributed by atoms with E-state index in [1.807, 2.05) is 29.5 Å². The fourth-order valence-electron chi connectivity index (χ4n) is 3.93. The number of thiophene rings is 1. The number of para-hydroxylation sites is 1. The Bertz CT molecular complexity index is 712. The molecule has 1 atom stereocenters. The number of nitrogens with one attached hydrogen (secondary N) is 1. The summed E-state index contributed by atoms with van der Waals surface area (Å²) in [7, 11) is 2.13. The molecule has 0 amide bonds. The van der Waals surface area contributed by atoms with Crippen molar-refractivity contribution in [3.05, 3.63) is 51.7 Å². The molecule has 2 N–H and O–H groups in total. The van der Waals surface area contributed by atoms with Crippen molar-refractivity contribution in [2.45, 2.75) is 64.3 Å². The van der Waals surface area contributed by atoms with Crippen LogP contribution in [0.15, 0.2) is 36.4 Å². The van der Waals surface area contributed by atoms with Crippen molar-refractivity contribution in [1.82, 2.24) is 10.2 Å². The molecule has 5 heteroatoms. The van der Waals surface area contributed by atoms with E-state index in [-0.39, 0.29) is 0 Å². The van der Waals surface area contributed by atoms with Crippen molar-refractivity contribution in [1.29, 1.82) is 0 Å². The average molecular weight is 403 g/mol. The maximum absolute atomic E-state index is 10.4. The lowest BCUT2D eigenvalue weighted by molar-refractivity contribution is 0.0558. The van der Waals surface area contributed by atoms with Gasteiger partial charge in [-0.15, -0.1) is 11.3 Å². The van der Waals surface area contributed by atoms with Gasteiger partial charge in [-0.3, -0.25) is 0 Å². The third-order valence-corrected chi connectivity index (χ3v) is 6.51. The lowest BCUT2D eigenvalue weighted by Gasteiger charge is -2.32. The van der Waals surface area contributed by atoms with Gasteiger partial charge in [0.15, 0.2) is 0 Å². The summed E-state index contributed by atoms with van der Waals surface area (Å²) in [5.41, 5.74) is 1.13. The minimum atomic E-state index is -0.470. The van der Waals surface area contributed by atoms with Crippen LogP contribution in [0.2, 0.25) is 0 Å². The Hall–Kier alpha value is -1.40. The maximum Gasteiger partial charge on any atom is 0.123 e. The van der Waals surface area contributed by atoms with Crippen molar-refractivity contribution >= 4 is 11.3 Å². The number of rotatable bonds is 10. The van der Waals surface area contributed by atoms with Gasteiger partial charge in [-0.2, -0.15) is 0 Å². The zero-order chi connectivity index (χ0) is 19.8. The molecule has 28 heavy (non-hydrogen) atoms. The number of ether oxygens (including phenoxy) is 1. The van der Waals surface area contributed by atoms with E-state index in [4.69, 9.17) is 4.74 Å². The van der Waals surface area contributed by atoms with Crippen LogP contribution in [-0.4, -0.2) is 42.4 Å². The quantitative estimate of drug-likeness (QED) is 0.620. The van der Waals surface area contributed by atoms with Crippen LogP contribution in [-0.2, 0) is 13.1 Å². The van der Waals surface area contributed by atoms with E-state index < -0.39 is 6.10 Å². The summed E-state index contributed by atoms with van der Waals surface area (Å²) in [5.74, 6) is 0.858. The summed E-state index contributed by atoms with van der Waals surface area (Å²) in [6.07, 6.45) is 6.01. The van der Waals surface area contributed by atoms with E-state index in [0.29, 0.717) is 19.2 Å². The largest absolute Gasteiger partial charge is 0.491 e. The predicted octanol–water partition coefficient (Wildman–Crippen LogP) is 4.35. The molecule has 3 rings (SSSR count). The smallest absolute Gasteiger partial charge is 0.123 e. The molecule has 0 saturated heterocycles. The first-order chi connectivity index (χ1) is 13.6. The number of aliphatic hydroxyl groups excluding tert-OH is 1. The second-order valence-corrected chi connectivity index (χ2v) is 9.29. The van der Waals surface area contributed by atoms with E-state index in [1.54, 1.807) is 0 Å². The molecule has 1 fully saturated rings. The number of hydrogen-bond acceptors (Lipinski definition) is 5. The van der Waals surface area contributed by atoms with E-state index in [1.165, 1.54) is 41.9 Å². The van der Waals surface area contributed by atoms with Crippen LogP contribution in [0.4, 0.5) is 0 Å². The first kappa shape index (κ1) is 21.3. The second-order valence-electron chi connectivity index (χ2n) is 7.92. The summed E-state index contributed by atoms with van der Waals surface area (Å²) in [6.45, 7) is 4.75. The van der Waals surface area contributed by atoms with Gasteiger partial charge in [0.05, 0.1) is 0 Å². The average Bonchev–Trinajstić information content (AvgIpc) is 3.13. The molecule has 1 heterocycles. The van der Waals surface area contributed by atoms with Gasteiger partial charge in [0.1, 0.15) is 18.5 Å². The Morgan fingerprint density at radius 2 is 1.93 bits per heavy atom. The Morgan fingerprint density at radius 3 is 2.68 bits per heavy atom. The van der Waals surface area contributed by atoms with Crippen LogP contribution in [0.1, 0.15) is 47.4 Å². The summed E-state index contributed by atoms with van der Waals surface area (Å²) in [5, 5.41) is 13.9. The van der Waals surface area contributed by atoms with Gasteiger partial charge in [0.25, 0.3) is 0 Å². The Labute approximate surface area is 173 Å². The van der Waals surface area contributed by atoms with Crippen molar-refractivity contribution < 1.29 is 9.84 Å². The van der Waals surface area contributed by atoms with Gasteiger partial charge >= 0.3 is 0 Å². The van der Waals surface area contributed by atoms with E-state index in [0.717, 1.165) is 24.4 Å². The van der Waals surface area contributed by atoms with Gasteiger partial charge < -0.3 is 20.1 Å². The maximum atomic E-state index is 10.4. The van der Waals surface area contributed by atoms with Crippen LogP contribution < -0.4 is 10.1 Å². The third-order valence-electron chi connectivity index (χ3n) is 5.51. The highest BCUT2D eigenvalue weighted by atomic mass is 32.1. The third kappa shape index (κ3) is 6.59. The summed E-state index contributed by atoms with van der Waals surface area (Å²) >= 11 is 1.83. The molecular weight excluding hydrogens is 368 g/mol. The number of aryl methyl sites for hydroxylation is 1. The molecule has 154 valence electrons. The minimum absolute atomic E-state index is 0.332. The second kappa shape index (κ2) is 11.0. The van der Waals surface area contributed by atoms with Gasteiger partial charge in [-0.05, 0) is 45.0 Å². The van der Waals surface area contributed by atoms with Crippen LogP contribution in [0.3, 0.4) is 0 Å². The molecular formula is C23H34N2O2S. The molecule has 1 aromatic carbocycles. The van der Waals surface area contributed by atoms with Crippen LogP contribution in [0.25, 0.3) is 0 Å². The summed E-state index contributed by atoms with van der Waals surface area (Å²) in [6, 6.07) is 13.0. The van der Waals surface area contributed by atoms with Crippen molar-refractivity contribution in [2.24, 2.45) is 0 Å². The molecule has 0 spiro atoms. The van der Waals surface area contributed by atoms with Crippen LogP contribution in [0, 0.1) is 6.92 Å². The highest BCUT2D eigenvalue weighted by Crippen LogP contribution is 2.22. The normalized spacial score (nSPS) is 16.4. The van der Waals surface area contributed by atoms with Crippen molar-refractivity contribution in [2.75, 3.05) is 20.2 Å². The lowest BCUT2D eigenvalue weighted by Crippen LogP contribution is -2.40. The van der Waals surface area contributed by atoms with Gasteiger partial charge in [-0.1, -0.05) is 37.5 Å². The van der Waals surface area contributed by atoms with Crippen molar-refractivity contribution in [3.63, 3.8) is 0 Å². The standard InChI is InChI=1S/C23H34N2O2S/c1-18-12-13-22(28-18)15-24-14-19-8-6-7-11-23(19)27-17-21(26)16-25(2)20-9-4-3-5-10-20/h6-8,11-13,20-21,24,26H,3-5,9-10,14-17H2,1-2H3/t21-/m0/s1. The minimum Gasteiger partial charge on any atom is -0.491 e. The molecule has 1 aliphatic rings. The monoisotopic (exact) mass is 402 g/mol. The molecule has 0 radical (unpaired) electrons.